The van der Waals surface area contributed by atoms with Crippen LogP contribution in [0.25, 0.3) is 0 Å². The minimum Gasteiger partial charge on any atom is -0.364 e. The van der Waals surface area contributed by atoms with Gasteiger partial charge in [0.15, 0.2) is 5.82 Å². The van der Waals surface area contributed by atoms with Crippen LogP contribution in [0.15, 0.2) is 17.2 Å². The quantitative estimate of drug-likeness (QED) is 0.818. The molecule has 0 radical (unpaired) electrons. The Balaban J connectivity index is 1.58. The monoisotopic (exact) mass is 248 g/mol. The predicted octanol–water partition coefficient (Wildman–Crippen LogP) is 1.08. The van der Waals surface area contributed by atoms with Crippen molar-refractivity contribution >= 4 is 5.82 Å². The molecule has 0 spiro atoms. The SMILES string of the molecule is CN(CCNc1nccn(C2CC2)c1=O)C1CC1. The van der Waals surface area contributed by atoms with E-state index < -0.39 is 0 Å². The van der Waals surface area contributed by atoms with Crippen LogP contribution in [0.2, 0.25) is 0 Å². The fourth-order valence-corrected chi connectivity index (χ4v) is 2.23. The minimum atomic E-state index is 0.0223. The highest BCUT2D eigenvalue weighted by atomic mass is 16.1. The molecule has 0 saturated heterocycles. The van der Waals surface area contributed by atoms with E-state index in [1.807, 2.05) is 0 Å². The van der Waals surface area contributed by atoms with Crippen LogP contribution >= 0.6 is 0 Å². The van der Waals surface area contributed by atoms with Gasteiger partial charge in [-0.15, -0.1) is 0 Å². The number of likely N-dealkylation sites (N-methyl/N-ethyl adjacent to an activating group) is 1. The smallest absolute Gasteiger partial charge is 0.293 e. The Hall–Kier alpha value is -1.36. The number of hydrogen-bond donors (Lipinski definition) is 1. The number of anilines is 1. The van der Waals surface area contributed by atoms with Crippen molar-refractivity contribution in [1.82, 2.24) is 14.5 Å². The summed E-state index contributed by atoms with van der Waals surface area (Å²) in [6.07, 6.45) is 8.37. The molecule has 1 aromatic heterocycles. The molecule has 0 amide bonds. The molecule has 0 atom stereocenters. The van der Waals surface area contributed by atoms with Crippen LogP contribution in [0.3, 0.4) is 0 Å². The molecule has 1 aromatic rings. The third-order valence-corrected chi connectivity index (χ3v) is 3.74. The molecule has 5 heteroatoms. The average molecular weight is 248 g/mol. The average Bonchev–Trinajstić information content (AvgIpc) is 3.23. The molecule has 1 N–H and O–H groups in total. The van der Waals surface area contributed by atoms with Crippen molar-refractivity contribution in [1.29, 1.82) is 0 Å². The minimum absolute atomic E-state index is 0.0223. The van der Waals surface area contributed by atoms with Gasteiger partial charge < -0.3 is 14.8 Å². The standard InChI is InChI=1S/C13H20N4O/c1-16(10-2-3-10)8-6-14-12-13(18)17(9-7-15-12)11-4-5-11/h7,9-11H,2-6,8H2,1H3,(H,14,15). The van der Waals surface area contributed by atoms with Crippen molar-refractivity contribution in [3.8, 4) is 0 Å². The molecule has 0 aliphatic heterocycles. The molecular formula is C13H20N4O. The Labute approximate surface area is 107 Å². The molecule has 2 fully saturated rings. The second-order valence-corrected chi connectivity index (χ2v) is 5.36. The molecule has 1 heterocycles. The summed E-state index contributed by atoms with van der Waals surface area (Å²) < 4.78 is 1.81. The van der Waals surface area contributed by atoms with Crippen LogP contribution in [-0.4, -0.2) is 40.6 Å². The number of nitrogens with zero attached hydrogens (tertiary/aromatic N) is 3. The van der Waals surface area contributed by atoms with Gasteiger partial charge in [-0.3, -0.25) is 4.79 Å². The van der Waals surface area contributed by atoms with Crippen molar-refractivity contribution in [3.63, 3.8) is 0 Å². The highest BCUT2D eigenvalue weighted by Gasteiger charge is 2.26. The summed E-state index contributed by atoms with van der Waals surface area (Å²) in [4.78, 5) is 18.6. The van der Waals surface area contributed by atoms with Gasteiger partial charge in [-0.1, -0.05) is 0 Å². The Bertz CT molecular complexity index is 476. The lowest BCUT2D eigenvalue weighted by Gasteiger charge is -2.16. The second-order valence-electron chi connectivity index (χ2n) is 5.36. The molecule has 2 saturated carbocycles. The summed E-state index contributed by atoms with van der Waals surface area (Å²) in [5.41, 5.74) is 0.0223. The van der Waals surface area contributed by atoms with Crippen LogP contribution < -0.4 is 10.9 Å². The first kappa shape index (κ1) is 11.7. The van der Waals surface area contributed by atoms with Gasteiger partial charge in [0.05, 0.1) is 0 Å². The Morgan fingerprint density at radius 1 is 1.44 bits per heavy atom. The molecule has 98 valence electrons. The normalized spacial score (nSPS) is 19.2. The molecule has 5 nitrogen and oxygen atoms in total. The van der Waals surface area contributed by atoms with Crippen LogP contribution in [0.5, 0.6) is 0 Å². The van der Waals surface area contributed by atoms with Crippen LogP contribution in [0.4, 0.5) is 5.82 Å². The largest absolute Gasteiger partial charge is 0.364 e. The highest BCUT2D eigenvalue weighted by Crippen LogP contribution is 2.33. The van der Waals surface area contributed by atoms with E-state index in [0.717, 1.165) is 32.0 Å². The topological polar surface area (TPSA) is 50.2 Å². The van der Waals surface area contributed by atoms with Gasteiger partial charge in [0.25, 0.3) is 5.56 Å². The van der Waals surface area contributed by atoms with Crippen molar-refractivity contribution in [3.05, 3.63) is 22.7 Å². The summed E-state index contributed by atoms with van der Waals surface area (Å²) in [6, 6.07) is 1.17. The summed E-state index contributed by atoms with van der Waals surface area (Å²) in [6.45, 7) is 1.74. The molecule has 2 aliphatic rings. The van der Waals surface area contributed by atoms with Gasteiger partial charge in [0.1, 0.15) is 0 Å². The van der Waals surface area contributed by atoms with Crippen LogP contribution in [0.1, 0.15) is 31.7 Å². The molecule has 3 rings (SSSR count). The summed E-state index contributed by atoms with van der Waals surface area (Å²) in [5, 5.41) is 3.16. The maximum absolute atomic E-state index is 12.1. The van der Waals surface area contributed by atoms with Crippen LogP contribution in [-0.2, 0) is 0 Å². The maximum atomic E-state index is 12.1. The summed E-state index contributed by atoms with van der Waals surface area (Å²) >= 11 is 0. The van der Waals surface area contributed by atoms with E-state index in [1.165, 1.54) is 12.8 Å². The van der Waals surface area contributed by atoms with E-state index in [-0.39, 0.29) is 5.56 Å². The second kappa shape index (κ2) is 4.72. The maximum Gasteiger partial charge on any atom is 0.293 e. The van der Waals surface area contributed by atoms with Gasteiger partial charge in [0.2, 0.25) is 0 Å². The zero-order valence-electron chi connectivity index (χ0n) is 10.8. The fourth-order valence-electron chi connectivity index (χ4n) is 2.23. The van der Waals surface area contributed by atoms with E-state index in [1.54, 1.807) is 17.0 Å². The highest BCUT2D eigenvalue weighted by molar-refractivity contribution is 5.31. The third-order valence-electron chi connectivity index (χ3n) is 3.74. The lowest BCUT2D eigenvalue weighted by atomic mass is 10.5. The lowest BCUT2D eigenvalue weighted by Crippen LogP contribution is -2.30. The van der Waals surface area contributed by atoms with Gasteiger partial charge in [-0.25, -0.2) is 4.98 Å². The first-order valence-corrected chi connectivity index (χ1v) is 6.77. The molecule has 0 bridgehead atoms. The number of nitrogens with one attached hydrogen (secondary N) is 1. The third kappa shape index (κ3) is 2.56. The molecule has 0 unspecified atom stereocenters. The van der Waals surface area contributed by atoms with Crippen molar-refractivity contribution in [2.24, 2.45) is 0 Å². The van der Waals surface area contributed by atoms with Crippen molar-refractivity contribution < 1.29 is 0 Å². The number of aromatic nitrogens is 2. The van der Waals surface area contributed by atoms with E-state index in [9.17, 15) is 4.79 Å². The Morgan fingerprint density at radius 2 is 2.22 bits per heavy atom. The van der Waals surface area contributed by atoms with E-state index in [0.29, 0.717) is 11.9 Å². The van der Waals surface area contributed by atoms with E-state index in [2.05, 4.69) is 22.2 Å². The molecular weight excluding hydrogens is 228 g/mol. The van der Waals surface area contributed by atoms with E-state index in [4.69, 9.17) is 0 Å². The van der Waals surface area contributed by atoms with Crippen LogP contribution in [0, 0.1) is 0 Å². The number of hydrogen-bond acceptors (Lipinski definition) is 4. The summed E-state index contributed by atoms with van der Waals surface area (Å²) in [7, 11) is 2.14. The predicted molar refractivity (Wildman–Crippen MR) is 70.9 cm³/mol. The van der Waals surface area contributed by atoms with Crippen molar-refractivity contribution in [2.75, 3.05) is 25.5 Å². The van der Waals surface area contributed by atoms with E-state index >= 15 is 0 Å². The first-order chi connectivity index (χ1) is 8.75. The first-order valence-electron chi connectivity index (χ1n) is 6.77. The zero-order valence-corrected chi connectivity index (χ0v) is 10.8. The van der Waals surface area contributed by atoms with Crippen molar-refractivity contribution in [2.45, 2.75) is 37.8 Å². The van der Waals surface area contributed by atoms with Gasteiger partial charge in [-0.2, -0.15) is 0 Å². The molecule has 2 aliphatic carbocycles. The molecule has 0 aromatic carbocycles. The van der Waals surface area contributed by atoms with Gasteiger partial charge in [0, 0.05) is 37.6 Å². The fraction of sp³-hybridized carbons (Fsp3) is 0.692. The van der Waals surface area contributed by atoms with Gasteiger partial charge >= 0.3 is 0 Å². The Kier molecular flexibility index (Phi) is 3.07. The summed E-state index contributed by atoms with van der Waals surface area (Å²) in [5.74, 6) is 0.494. The van der Waals surface area contributed by atoms with Gasteiger partial charge in [-0.05, 0) is 32.7 Å². The zero-order chi connectivity index (χ0) is 12.5. The lowest BCUT2D eigenvalue weighted by molar-refractivity contribution is 0.337. The molecule has 18 heavy (non-hydrogen) atoms. The Morgan fingerprint density at radius 3 is 2.89 bits per heavy atom. The number of rotatable bonds is 6.